The van der Waals surface area contributed by atoms with E-state index in [4.69, 9.17) is 11.6 Å². The number of nitrogens with one attached hydrogen (secondary N) is 1. The highest BCUT2D eigenvalue weighted by molar-refractivity contribution is 7.92. The van der Waals surface area contributed by atoms with E-state index in [0.717, 1.165) is 28.3 Å². The Bertz CT molecular complexity index is 1110. The van der Waals surface area contributed by atoms with Gasteiger partial charge in [0, 0.05) is 28.8 Å². The molecule has 0 atom stereocenters. The Morgan fingerprint density at radius 3 is 2.37 bits per heavy atom. The molecule has 0 saturated heterocycles. The zero-order valence-electron chi connectivity index (χ0n) is 15.0. The van der Waals surface area contributed by atoms with Gasteiger partial charge in [0.15, 0.2) is 0 Å². The van der Waals surface area contributed by atoms with Gasteiger partial charge in [0.05, 0.1) is 22.5 Å². The van der Waals surface area contributed by atoms with E-state index in [-0.39, 0.29) is 16.6 Å². The largest absolute Gasteiger partial charge is 0.344 e. The molecular weight excluding hydrogens is 394 g/mol. The molecule has 1 N–H and O–H groups in total. The number of anilines is 1. The highest BCUT2D eigenvalue weighted by atomic mass is 35.5. The molecule has 0 aliphatic heterocycles. The van der Waals surface area contributed by atoms with Gasteiger partial charge in [-0.05, 0) is 37.6 Å². The summed E-state index contributed by atoms with van der Waals surface area (Å²) in [6.07, 6.45) is 0.386. The SMILES string of the molecule is CC(C)n1cc(-c2ccc(C(F)F)c(Cl)c2)c2ccc(NS(C)(=O)=O)cc21. The van der Waals surface area contributed by atoms with Crippen molar-refractivity contribution in [2.75, 3.05) is 11.0 Å². The fourth-order valence-corrected chi connectivity index (χ4v) is 3.88. The van der Waals surface area contributed by atoms with E-state index in [0.29, 0.717) is 5.69 Å². The fourth-order valence-electron chi connectivity index (χ4n) is 3.06. The third kappa shape index (κ3) is 4.09. The van der Waals surface area contributed by atoms with Crippen LogP contribution in [-0.2, 0) is 10.0 Å². The summed E-state index contributed by atoms with van der Waals surface area (Å²) in [6, 6.07) is 9.85. The lowest BCUT2D eigenvalue weighted by Gasteiger charge is -2.10. The van der Waals surface area contributed by atoms with Crippen molar-refractivity contribution in [2.24, 2.45) is 0 Å². The van der Waals surface area contributed by atoms with Crippen molar-refractivity contribution < 1.29 is 17.2 Å². The van der Waals surface area contributed by atoms with E-state index >= 15 is 0 Å². The van der Waals surface area contributed by atoms with Gasteiger partial charge in [-0.15, -0.1) is 0 Å². The van der Waals surface area contributed by atoms with E-state index in [1.54, 1.807) is 18.2 Å². The topological polar surface area (TPSA) is 51.1 Å². The summed E-state index contributed by atoms with van der Waals surface area (Å²) >= 11 is 6.03. The third-order valence-electron chi connectivity index (χ3n) is 4.24. The number of sulfonamides is 1. The van der Waals surface area contributed by atoms with Crippen LogP contribution in [0.3, 0.4) is 0 Å². The lowest BCUT2D eigenvalue weighted by Crippen LogP contribution is -2.09. The number of benzene rings is 2. The molecule has 3 aromatic rings. The molecule has 0 spiro atoms. The van der Waals surface area contributed by atoms with Gasteiger partial charge in [-0.25, -0.2) is 17.2 Å². The van der Waals surface area contributed by atoms with E-state index in [1.165, 1.54) is 12.1 Å². The van der Waals surface area contributed by atoms with Gasteiger partial charge >= 0.3 is 0 Å². The zero-order valence-corrected chi connectivity index (χ0v) is 16.6. The summed E-state index contributed by atoms with van der Waals surface area (Å²) < 4.78 is 53.4. The maximum atomic E-state index is 13.0. The molecule has 0 fully saturated rings. The molecule has 0 radical (unpaired) electrons. The van der Waals surface area contributed by atoms with Gasteiger partial charge in [-0.3, -0.25) is 4.72 Å². The van der Waals surface area contributed by atoms with Crippen LogP contribution in [0.5, 0.6) is 0 Å². The summed E-state index contributed by atoms with van der Waals surface area (Å²) in [6.45, 7) is 4.01. The molecule has 2 aromatic carbocycles. The van der Waals surface area contributed by atoms with Crippen molar-refractivity contribution in [2.45, 2.75) is 26.3 Å². The Hall–Kier alpha value is -2.12. The third-order valence-corrected chi connectivity index (χ3v) is 5.17. The first-order chi connectivity index (χ1) is 12.6. The number of halogens is 3. The van der Waals surface area contributed by atoms with Crippen molar-refractivity contribution in [3.05, 3.63) is 53.2 Å². The smallest absolute Gasteiger partial charge is 0.265 e. The predicted octanol–water partition coefficient (Wildman–Crippen LogP) is 5.85. The monoisotopic (exact) mass is 412 g/mol. The zero-order chi connectivity index (χ0) is 19.9. The number of rotatable bonds is 5. The number of hydrogen-bond acceptors (Lipinski definition) is 2. The van der Waals surface area contributed by atoms with Gasteiger partial charge in [0.1, 0.15) is 0 Å². The first-order valence-corrected chi connectivity index (χ1v) is 10.5. The van der Waals surface area contributed by atoms with Crippen LogP contribution >= 0.6 is 11.6 Å². The Labute approximate surface area is 161 Å². The Morgan fingerprint density at radius 1 is 1.11 bits per heavy atom. The minimum absolute atomic E-state index is 0.0170. The molecular formula is C19H19ClF2N2O2S. The second-order valence-electron chi connectivity index (χ2n) is 6.69. The molecule has 144 valence electrons. The predicted molar refractivity (Wildman–Crippen MR) is 106 cm³/mol. The summed E-state index contributed by atoms with van der Waals surface area (Å²) in [5.41, 5.74) is 2.66. The number of nitrogens with zero attached hydrogens (tertiary/aromatic N) is 1. The highest BCUT2D eigenvalue weighted by Crippen LogP contribution is 2.37. The minimum Gasteiger partial charge on any atom is -0.344 e. The van der Waals surface area contributed by atoms with Gasteiger partial charge < -0.3 is 4.57 Å². The van der Waals surface area contributed by atoms with Crippen molar-refractivity contribution in [1.29, 1.82) is 0 Å². The van der Waals surface area contributed by atoms with Crippen LogP contribution in [0.2, 0.25) is 5.02 Å². The maximum absolute atomic E-state index is 13.0. The number of aromatic nitrogens is 1. The summed E-state index contributed by atoms with van der Waals surface area (Å²) in [4.78, 5) is 0. The summed E-state index contributed by atoms with van der Waals surface area (Å²) in [7, 11) is -3.39. The van der Waals surface area contributed by atoms with Crippen molar-refractivity contribution in [3.8, 4) is 11.1 Å². The maximum Gasteiger partial charge on any atom is 0.265 e. The van der Waals surface area contributed by atoms with Crippen LogP contribution < -0.4 is 4.72 Å². The second kappa shape index (κ2) is 7.13. The van der Waals surface area contributed by atoms with Crippen molar-refractivity contribution in [3.63, 3.8) is 0 Å². The molecule has 27 heavy (non-hydrogen) atoms. The van der Waals surface area contributed by atoms with Crippen LogP contribution in [0, 0.1) is 0 Å². The van der Waals surface area contributed by atoms with Crippen LogP contribution in [0.4, 0.5) is 14.5 Å². The van der Waals surface area contributed by atoms with Gasteiger partial charge in [0.25, 0.3) is 6.43 Å². The van der Waals surface area contributed by atoms with E-state index in [2.05, 4.69) is 4.72 Å². The molecule has 0 bridgehead atoms. The Balaban J connectivity index is 2.18. The number of hydrogen-bond donors (Lipinski definition) is 1. The van der Waals surface area contributed by atoms with Gasteiger partial charge in [-0.1, -0.05) is 29.8 Å². The quantitative estimate of drug-likeness (QED) is 0.571. The fraction of sp³-hybridized carbons (Fsp3) is 0.263. The lowest BCUT2D eigenvalue weighted by atomic mass is 10.0. The van der Waals surface area contributed by atoms with Crippen LogP contribution in [0.25, 0.3) is 22.0 Å². The highest BCUT2D eigenvalue weighted by Gasteiger charge is 2.17. The molecule has 0 amide bonds. The summed E-state index contributed by atoms with van der Waals surface area (Å²) in [5, 5.41) is 0.895. The number of alkyl halides is 2. The van der Waals surface area contributed by atoms with E-state index in [1.807, 2.05) is 30.7 Å². The Kier molecular flexibility index (Phi) is 5.18. The lowest BCUT2D eigenvalue weighted by molar-refractivity contribution is 0.151. The Morgan fingerprint density at radius 2 is 1.81 bits per heavy atom. The van der Waals surface area contributed by atoms with Crippen molar-refractivity contribution in [1.82, 2.24) is 4.57 Å². The summed E-state index contributed by atoms with van der Waals surface area (Å²) in [5.74, 6) is 0. The first kappa shape index (κ1) is 19.6. The minimum atomic E-state index is -3.39. The molecule has 0 aliphatic rings. The second-order valence-corrected chi connectivity index (χ2v) is 8.84. The average molecular weight is 413 g/mol. The first-order valence-electron chi connectivity index (χ1n) is 8.27. The van der Waals surface area contributed by atoms with Crippen molar-refractivity contribution >= 4 is 38.2 Å². The van der Waals surface area contributed by atoms with Crippen LogP contribution in [-0.4, -0.2) is 19.2 Å². The molecule has 0 unspecified atom stereocenters. The normalized spacial score (nSPS) is 12.3. The molecule has 4 nitrogen and oxygen atoms in total. The molecule has 0 aliphatic carbocycles. The standard InChI is InChI=1S/C19H19ClF2N2O2S/c1-11(2)24-10-16(12-4-6-15(19(21)22)17(20)8-12)14-7-5-13(9-18(14)24)23-27(3,25)26/h4-11,19,23H,1-3H3. The molecule has 3 rings (SSSR count). The molecule has 0 saturated carbocycles. The van der Waals surface area contributed by atoms with Gasteiger partial charge in [-0.2, -0.15) is 0 Å². The molecule has 1 heterocycles. The molecule has 8 heteroatoms. The average Bonchev–Trinajstić information content (AvgIpc) is 2.91. The molecule has 1 aromatic heterocycles. The van der Waals surface area contributed by atoms with E-state index in [9.17, 15) is 17.2 Å². The van der Waals surface area contributed by atoms with E-state index < -0.39 is 16.4 Å². The van der Waals surface area contributed by atoms with Gasteiger partial charge in [0.2, 0.25) is 10.0 Å². The van der Waals surface area contributed by atoms with Crippen LogP contribution in [0.1, 0.15) is 31.9 Å². The number of fused-ring (bicyclic) bond motifs is 1. The van der Waals surface area contributed by atoms with Crippen LogP contribution in [0.15, 0.2) is 42.6 Å².